The Balaban J connectivity index is 1.31. The molecule has 0 unspecified atom stereocenters. The maximum atomic E-state index is 5.47. The van der Waals surface area contributed by atoms with Gasteiger partial charge in [0.1, 0.15) is 11.6 Å². The zero-order chi connectivity index (χ0) is 21.3. The molecule has 2 N–H and O–H groups in total. The standard InChI is InChI=1S/C26H27N5O/c1-2-4-24-19(3-1)10-12-31(24)25-17-20-9-11-27-18-23(20)26(29-25)28-21-5-7-22(8-6-21)30-13-15-32-16-14-30/h1-9,11,17,27H,10,12-16,18H2,(H,28,29). The van der Waals surface area contributed by atoms with Crippen LogP contribution in [0.3, 0.4) is 0 Å². The van der Waals surface area contributed by atoms with Crippen LogP contribution in [0.1, 0.15) is 16.7 Å². The number of morpholine rings is 1. The summed E-state index contributed by atoms with van der Waals surface area (Å²) in [6.07, 6.45) is 5.21. The molecule has 162 valence electrons. The SMILES string of the molecule is C1=Cc2cc(N3CCc4ccccc43)nc(Nc3ccc(N4CCOCC4)cc3)c2CN1. The number of benzene rings is 2. The Hall–Kier alpha value is -3.51. The summed E-state index contributed by atoms with van der Waals surface area (Å²) in [5.74, 6) is 1.91. The normalized spacial score (nSPS) is 17.0. The molecule has 3 aliphatic rings. The molecule has 0 saturated carbocycles. The van der Waals surface area contributed by atoms with Crippen LogP contribution in [-0.4, -0.2) is 37.8 Å². The molecule has 0 spiro atoms. The first-order valence-corrected chi connectivity index (χ1v) is 11.3. The molecule has 0 radical (unpaired) electrons. The molecule has 32 heavy (non-hydrogen) atoms. The summed E-state index contributed by atoms with van der Waals surface area (Å²) in [6.45, 7) is 5.20. The van der Waals surface area contributed by atoms with Crippen molar-refractivity contribution in [3.63, 3.8) is 0 Å². The molecule has 1 saturated heterocycles. The molecule has 2 aromatic carbocycles. The number of aromatic nitrogens is 1. The molecule has 4 heterocycles. The number of ether oxygens (including phenoxy) is 1. The van der Waals surface area contributed by atoms with Gasteiger partial charge in [-0.1, -0.05) is 18.2 Å². The second kappa shape index (κ2) is 8.20. The third-order valence-corrected chi connectivity index (χ3v) is 6.47. The van der Waals surface area contributed by atoms with Crippen LogP contribution in [0.25, 0.3) is 6.08 Å². The monoisotopic (exact) mass is 425 g/mol. The molecule has 3 aromatic rings. The van der Waals surface area contributed by atoms with Crippen LogP contribution < -0.4 is 20.4 Å². The van der Waals surface area contributed by atoms with Crippen LogP contribution >= 0.6 is 0 Å². The average molecular weight is 426 g/mol. The van der Waals surface area contributed by atoms with Crippen molar-refractivity contribution in [2.75, 3.05) is 48.0 Å². The van der Waals surface area contributed by atoms with Crippen molar-refractivity contribution in [1.82, 2.24) is 10.3 Å². The van der Waals surface area contributed by atoms with Crippen LogP contribution in [0.15, 0.2) is 60.8 Å². The van der Waals surface area contributed by atoms with Gasteiger partial charge in [-0.25, -0.2) is 4.98 Å². The lowest BCUT2D eigenvalue weighted by Gasteiger charge is -2.29. The summed E-state index contributed by atoms with van der Waals surface area (Å²) in [5.41, 5.74) is 7.34. The first-order valence-electron chi connectivity index (χ1n) is 11.3. The minimum Gasteiger partial charge on any atom is -0.387 e. The quantitative estimate of drug-likeness (QED) is 0.645. The Bertz CT molecular complexity index is 1150. The van der Waals surface area contributed by atoms with Crippen LogP contribution in [0.4, 0.5) is 28.7 Å². The maximum absolute atomic E-state index is 5.47. The van der Waals surface area contributed by atoms with Gasteiger partial charge in [0.25, 0.3) is 0 Å². The van der Waals surface area contributed by atoms with E-state index in [9.17, 15) is 0 Å². The number of anilines is 5. The molecule has 6 heteroatoms. The topological polar surface area (TPSA) is 52.7 Å². The van der Waals surface area contributed by atoms with Crippen LogP contribution in [0.5, 0.6) is 0 Å². The number of para-hydroxylation sites is 1. The minimum atomic E-state index is 0.768. The van der Waals surface area contributed by atoms with Crippen LogP contribution in [0.2, 0.25) is 0 Å². The van der Waals surface area contributed by atoms with Gasteiger partial charge in [-0.3, -0.25) is 0 Å². The predicted molar refractivity (Wildman–Crippen MR) is 130 cm³/mol. The van der Waals surface area contributed by atoms with Gasteiger partial charge in [-0.15, -0.1) is 0 Å². The fourth-order valence-electron chi connectivity index (χ4n) is 4.75. The summed E-state index contributed by atoms with van der Waals surface area (Å²) in [4.78, 5) is 9.79. The summed E-state index contributed by atoms with van der Waals surface area (Å²) < 4.78 is 5.47. The van der Waals surface area contributed by atoms with E-state index >= 15 is 0 Å². The highest BCUT2D eigenvalue weighted by molar-refractivity contribution is 5.75. The highest BCUT2D eigenvalue weighted by atomic mass is 16.5. The van der Waals surface area contributed by atoms with Gasteiger partial charge in [-0.2, -0.15) is 0 Å². The minimum absolute atomic E-state index is 0.768. The predicted octanol–water partition coefficient (Wildman–Crippen LogP) is 4.43. The first-order chi connectivity index (χ1) is 15.8. The van der Waals surface area contributed by atoms with Crippen molar-refractivity contribution in [2.24, 2.45) is 0 Å². The molecule has 6 rings (SSSR count). The van der Waals surface area contributed by atoms with Gasteiger partial charge in [0.05, 0.1) is 13.2 Å². The van der Waals surface area contributed by atoms with E-state index in [2.05, 4.69) is 81.1 Å². The zero-order valence-corrected chi connectivity index (χ0v) is 18.1. The van der Waals surface area contributed by atoms with E-state index in [-0.39, 0.29) is 0 Å². The highest BCUT2D eigenvalue weighted by Crippen LogP contribution is 2.37. The summed E-state index contributed by atoms with van der Waals surface area (Å²) in [7, 11) is 0. The number of rotatable bonds is 4. The smallest absolute Gasteiger partial charge is 0.138 e. The number of pyridine rings is 1. The molecule has 1 fully saturated rings. The average Bonchev–Trinajstić information content (AvgIpc) is 3.29. The fourth-order valence-corrected chi connectivity index (χ4v) is 4.75. The molecule has 0 bridgehead atoms. The van der Waals surface area contributed by atoms with Crippen molar-refractivity contribution < 1.29 is 4.74 Å². The van der Waals surface area contributed by atoms with E-state index < -0.39 is 0 Å². The Morgan fingerprint density at radius 3 is 2.69 bits per heavy atom. The van der Waals surface area contributed by atoms with Gasteiger partial charge in [0.2, 0.25) is 0 Å². The third kappa shape index (κ3) is 3.56. The van der Waals surface area contributed by atoms with E-state index in [4.69, 9.17) is 9.72 Å². The largest absolute Gasteiger partial charge is 0.387 e. The summed E-state index contributed by atoms with van der Waals surface area (Å²) >= 11 is 0. The molecule has 0 amide bonds. The van der Waals surface area contributed by atoms with E-state index in [1.165, 1.54) is 28.1 Å². The number of nitrogens with one attached hydrogen (secondary N) is 2. The summed E-state index contributed by atoms with van der Waals surface area (Å²) in [5, 5.41) is 6.93. The van der Waals surface area contributed by atoms with Crippen molar-refractivity contribution in [1.29, 1.82) is 0 Å². The lowest BCUT2D eigenvalue weighted by atomic mass is 10.1. The molecule has 0 aliphatic carbocycles. The number of nitrogens with zero attached hydrogens (tertiary/aromatic N) is 3. The van der Waals surface area contributed by atoms with Crippen molar-refractivity contribution >= 4 is 34.8 Å². The Kier molecular flexibility index (Phi) is 4.92. The number of hydrogen-bond acceptors (Lipinski definition) is 6. The van der Waals surface area contributed by atoms with Gasteiger partial charge >= 0.3 is 0 Å². The van der Waals surface area contributed by atoms with E-state index in [1.54, 1.807) is 0 Å². The van der Waals surface area contributed by atoms with Crippen molar-refractivity contribution in [3.05, 3.63) is 77.5 Å². The lowest BCUT2D eigenvalue weighted by Crippen LogP contribution is -2.36. The number of hydrogen-bond donors (Lipinski definition) is 2. The summed E-state index contributed by atoms with van der Waals surface area (Å²) in [6, 6.07) is 19.5. The van der Waals surface area contributed by atoms with Gasteiger partial charge < -0.3 is 25.2 Å². The lowest BCUT2D eigenvalue weighted by molar-refractivity contribution is 0.122. The molecule has 1 aromatic heterocycles. The van der Waals surface area contributed by atoms with Gasteiger partial charge in [0.15, 0.2) is 0 Å². The molecule has 3 aliphatic heterocycles. The van der Waals surface area contributed by atoms with E-state index in [0.29, 0.717) is 0 Å². The first kappa shape index (κ1) is 19.2. The van der Waals surface area contributed by atoms with Crippen molar-refractivity contribution in [3.8, 4) is 0 Å². The zero-order valence-electron chi connectivity index (χ0n) is 18.1. The fraction of sp³-hybridized carbons (Fsp3) is 0.269. The van der Waals surface area contributed by atoms with Crippen molar-refractivity contribution in [2.45, 2.75) is 13.0 Å². The van der Waals surface area contributed by atoms with E-state index in [0.717, 1.165) is 63.1 Å². The number of fused-ring (bicyclic) bond motifs is 2. The second-order valence-corrected chi connectivity index (χ2v) is 8.41. The molecule has 0 atom stereocenters. The highest BCUT2D eigenvalue weighted by Gasteiger charge is 2.23. The molecular weight excluding hydrogens is 398 g/mol. The second-order valence-electron chi connectivity index (χ2n) is 8.41. The molecule has 6 nitrogen and oxygen atoms in total. The van der Waals surface area contributed by atoms with Crippen LogP contribution in [0, 0.1) is 0 Å². The Morgan fingerprint density at radius 1 is 0.969 bits per heavy atom. The van der Waals surface area contributed by atoms with E-state index in [1.807, 2.05) is 6.20 Å². The Morgan fingerprint density at radius 2 is 1.81 bits per heavy atom. The third-order valence-electron chi connectivity index (χ3n) is 6.47. The van der Waals surface area contributed by atoms with Crippen LogP contribution in [-0.2, 0) is 17.7 Å². The Labute approximate surface area is 188 Å². The van der Waals surface area contributed by atoms with Gasteiger partial charge in [0, 0.05) is 48.8 Å². The maximum Gasteiger partial charge on any atom is 0.138 e. The molecular formula is C26H27N5O. The van der Waals surface area contributed by atoms with Gasteiger partial charge in [-0.05, 0) is 66.2 Å².